The molecule has 1 saturated carbocycles. The summed E-state index contributed by atoms with van der Waals surface area (Å²) in [7, 11) is 1.80. The van der Waals surface area contributed by atoms with Crippen LogP contribution in [-0.4, -0.2) is 27.2 Å². The molecule has 0 aliphatic heterocycles. The number of rotatable bonds is 3. The van der Waals surface area contributed by atoms with Gasteiger partial charge in [0.2, 0.25) is 5.91 Å². The van der Waals surface area contributed by atoms with Gasteiger partial charge in [0.1, 0.15) is 4.33 Å². The Labute approximate surface area is 127 Å². The van der Waals surface area contributed by atoms with Gasteiger partial charge in [-0.1, -0.05) is 0 Å². The van der Waals surface area contributed by atoms with Gasteiger partial charge in [-0.2, -0.15) is 0 Å². The third-order valence-electron chi connectivity index (χ3n) is 3.95. The molecule has 0 unspecified atom stereocenters. The largest absolute Gasteiger partial charge is 0.338 e. The second kappa shape index (κ2) is 4.61. The molecule has 2 atom stereocenters. The minimum absolute atomic E-state index is 0.00421. The zero-order valence-corrected chi connectivity index (χ0v) is 14.1. The molecule has 6 heteroatoms. The number of alkyl halides is 2. The minimum Gasteiger partial charge on any atom is -0.338 e. The average Bonchev–Trinajstić information content (AvgIpc) is 2.64. The molecule has 0 N–H and O–H groups in total. The van der Waals surface area contributed by atoms with Crippen molar-refractivity contribution < 1.29 is 4.79 Å². The van der Waals surface area contributed by atoms with Crippen molar-refractivity contribution in [1.29, 1.82) is 0 Å². The summed E-state index contributed by atoms with van der Waals surface area (Å²) in [5.74, 6) is -0.00421. The van der Waals surface area contributed by atoms with E-state index in [1.165, 1.54) is 0 Å². The Kier molecular flexibility index (Phi) is 3.65. The van der Waals surface area contributed by atoms with Crippen LogP contribution in [0.5, 0.6) is 0 Å². The number of thiazole rings is 1. The summed E-state index contributed by atoms with van der Waals surface area (Å²) in [5.41, 5.74) is 0.325. The molecule has 106 valence electrons. The lowest BCUT2D eigenvalue weighted by Crippen LogP contribution is -2.37. The number of hydrogen-bond acceptors (Lipinski definition) is 3. The molecule has 0 aromatic carbocycles. The van der Waals surface area contributed by atoms with E-state index in [0.717, 1.165) is 15.6 Å². The van der Waals surface area contributed by atoms with E-state index in [9.17, 15) is 4.79 Å². The summed E-state index contributed by atoms with van der Waals surface area (Å²) in [6.07, 6.45) is 0.514. The lowest BCUT2D eigenvalue weighted by Gasteiger charge is -2.28. The average molecular weight is 321 g/mol. The van der Waals surface area contributed by atoms with Crippen molar-refractivity contribution in [2.24, 2.45) is 5.41 Å². The van der Waals surface area contributed by atoms with E-state index >= 15 is 0 Å². The number of nitrogens with zero attached hydrogens (tertiary/aromatic N) is 2. The van der Waals surface area contributed by atoms with E-state index in [2.05, 4.69) is 4.98 Å². The molecule has 0 spiro atoms. The Balaban J connectivity index is 2.19. The van der Waals surface area contributed by atoms with Gasteiger partial charge in [-0.25, -0.2) is 4.98 Å². The SMILES string of the molecule is Cc1nc(C)c([C@H](C)N(C)C(=O)[C@@]2(C)CC2(Cl)Cl)s1. The predicted octanol–water partition coefficient (Wildman–Crippen LogP) is 3.86. The topological polar surface area (TPSA) is 33.2 Å². The molecule has 0 bridgehead atoms. The minimum atomic E-state index is -0.920. The van der Waals surface area contributed by atoms with E-state index in [-0.39, 0.29) is 11.9 Å². The van der Waals surface area contributed by atoms with E-state index in [0.29, 0.717) is 6.42 Å². The van der Waals surface area contributed by atoms with E-state index < -0.39 is 9.75 Å². The van der Waals surface area contributed by atoms with Crippen LogP contribution >= 0.6 is 34.5 Å². The molecule has 1 aromatic heterocycles. The monoisotopic (exact) mass is 320 g/mol. The summed E-state index contributed by atoms with van der Waals surface area (Å²) >= 11 is 13.8. The third kappa shape index (κ3) is 2.39. The van der Waals surface area contributed by atoms with Gasteiger partial charge >= 0.3 is 0 Å². The van der Waals surface area contributed by atoms with Gasteiger partial charge < -0.3 is 4.90 Å². The number of aromatic nitrogens is 1. The highest BCUT2D eigenvalue weighted by atomic mass is 35.5. The molecule has 0 radical (unpaired) electrons. The van der Waals surface area contributed by atoms with Gasteiger partial charge in [0, 0.05) is 11.9 Å². The van der Waals surface area contributed by atoms with Gasteiger partial charge in [-0.05, 0) is 34.1 Å². The Morgan fingerprint density at radius 1 is 1.47 bits per heavy atom. The van der Waals surface area contributed by atoms with Crippen LogP contribution in [0.25, 0.3) is 0 Å². The molecule has 2 rings (SSSR count). The van der Waals surface area contributed by atoms with Gasteiger partial charge in [0.15, 0.2) is 0 Å². The van der Waals surface area contributed by atoms with Crippen LogP contribution in [-0.2, 0) is 4.79 Å². The van der Waals surface area contributed by atoms with Crippen LogP contribution < -0.4 is 0 Å². The fourth-order valence-electron chi connectivity index (χ4n) is 2.31. The Hall–Kier alpha value is -0.320. The zero-order valence-electron chi connectivity index (χ0n) is 11.8. The highest BCUT2D eigenvalue weighted by molar-refractivity contribution is 7.11. The van der Waals surface area contributed by atoms with Gasteiger partial charge in [-0.3, -0.25) is 4.79 Å². The van der Waals surface area contributed by atoms with Crippen LogP contribution in [0.3, 0.4) is 0 Å². The van der Waals surface area contributed by atoms with E-state index in [1.54, 1.807) is 23.3 Å². The van der Waals surface area contributed by atoms with Crippen LogP contribution in [0.15, 0.2) is 0 Å². The molecule has 1 aliphatic carbocycles. The van der Waals surface area contributed by atoms with Crippen LogP contribution in [0.2, 0.25) is 0 Å². The van der Waals surface area contributed by atoms with Crippen molar-refractivity contribution in [3.05, 3.63) is 15.6 Å². The lowest BCUT2D eigenvalue weighted by molar-refractivity contribution is -0.137. The highest BCUT2D eigenvalue weighted by Crippen LogP contribution is 2.64. The zero-order chi connectivity index (χ0) is 14.6. The lowest BCUT2D eigenvalue weighted by atomic mass is 10.1. The quantitative estimate of drug-likeness (QED) is 0.792. The first-order chi connectivity index (χ1) is 8.60. The smallest absolute Gasteiger partial charge is 0.231 e. The van der Waals surface area contributed by atoms with Crippen LogP contribution in [0, 0.1) is 19.3 Å². The number of amides is 1. The number of aryl methyl sites for hydroxylation is 2. The summed E-state index contributed by atoms with van der Waals surface area (Å²) < 4.78 is -0.920. The molecule has 19 heavy (non-hydrogen) atoms. The standard InChI is InChI=1S/C13H18Cl2N2OS/c1-7-10(19-9(3)16-7)8(2)17(5)11(18)12(4)6-13(12,14)15/h8H,6H2,1-5H3/t8-,12+/m0/s1. The van der Waals surface area contributed by atoms with Crippen LogP contribution in [0.1, 0.15) is 41.9 Å². The highest BCUT2D eigenvalue weighted by Gasteiger charge is 2.68. The van der Waals surface area contributed by atoms with Crippen LogP contribution in [0.4, 0.5) is 0 Å². The van der Waals surface area contributed by atoms with Crippen molar-refractivity contribution in [3.63, 3.8) is 0 Å². The van der Waals surface area contributed by atoms with Gasteiger partial charge in [0.25, 0.3) is 0 Å². The molecular formula is C13H18Cl2N2OS. The van der Waals surface area contributed by atoms with Crippen molar-refractivity contribution in [2.45, 2.75) is 44.5 Å². The molecule has 1 amide bonds. The molecule has 1 aliphatic rings. The molecule has 3 nitrogen and oxygen atoms in total. The third-order valence-corrected chi connectivity index (χ3v) is 6.29. The summed E-state index contributed by atoms with van der Waals surface area (Å²) in [6.45, 7) is 7.78. The van der Waals surface area contributed by atoms with Gasteiger partial charge in [-0.15, -0.1) is 34.5 Å². The maximum atomic E-state index is 12.5. The van der Waals surface area contributed by atoms with E-state index in [1.807, 2.05) is 27.7 Å². The Morgan fingerprint density at radius 3 is 2.37 bits per heavy atom. The Morgan fingerprint density at radius 2 is 2.00 bits per heavy atom. The Bertz CT molecular complexity index is 529. The number of hydrogen-bond donors (Lipinski definition) is 0. The first-order valence-electron chi connectivity index (χ1n) is 6.19. The molecule has 1 fully saturated rings. The molecule has 1 heterocycles. The molecule has 1 aromatic rings. The summed E-state index contributed by atoms with van der Waals surface area (Å²) in [5, 5.41) is 1.02. The molecular weight excluding hydrogens is 303 g/mol. The normalized spacial score (nSPS) is 26.1. The number of carbonyl (C=O) groups excluding carboxylic acids is 1. The fourth-order valence-corrected chi connectivity index (χ4v) is 4.03. The maximum Gasteiger partial charge on any atom is 0.231 e. The van der Waals surface area contributed by atoms with E-state index in [4.69, 9.17) is 23.2 Å². The second-order valence-electron chi connectivity index (χ2n) is 5.49. The predicted molar refractivity (Wildman–Crippen MR) is 79.9 cm³/mol. The van der Waals surface area contributed by atoms with Crippen molar-refractivity contribution in [2.75, 3.05) is 7.05 Å². The maximum absolute atomic E-state index is 12.5. The van der Waals surface area contributed by atoms with Crippen molar-refractivity contribution in [1.82, 2.24) is 9.88 Å². The van der Waals surface area contributed by atoms with Crippen molar-refractivity contribution >= 4 is 40.4 Å². The summed E-state index contributed by atoms with van der Waals surface area (Å²) in [6, 6.07) is -0.0136. The first-order valence-corrected chi connectivity index (χ1v) is 7.76. The summed E-state index contributed by atoms with van der Waals surface area (Å²) in [4.78, 5) is 19.8. The number of halogens is 2. The second-order valence-corrected chi connectivity index (χ2v) is 8.21. The van der Waals surface area contributed by atoms with Crippen molar-refractivity contribution in [3.8, 4) is 0 Å². The number of carbonyl (C=O) groups is 1. The van der Waals surface area contributed by atoms with Gasteiger partial charge in [0.05, 0.1) is 22.2 Å². The molecule has 0 saturated heterocycles. The first kappa shape index (κ1) is 15.1. The fraction of sp³-hybridized carbons (Fsp3) is 0.692.